The molecule has 0 aliphatic heterocycles. The van der Waals surface area contributed by atoms with Crippen LogP contribution in [0.2, 0.25) is 0 Å². The number of hydrogen-bond acceptors (Lipinski definition) is 6. The summed E-state index contributed by atoms with van der Waals surface area (Å²) in [5.74, 6) is 0.979. The Morgan fingerprint density at radius 1 is 1.43 bits per heavy atom. The first-order chi connectivity index (χ1) is 9.52. The number of rotatable bonds is 8. The summed E-state index contributed by atoms with van der Waals surface area (Å²) in [6.45, 7) is 4.79. The highest BCUT2D eigenvalue weighted by Gasteiger charge is 2.16. The molecule has 7 nitrogen and oxygen atoms in total. The van der Waals surface area contributed by atoms with Gasteiger partial charge in [-0.3, -0.25) is 9.59 Å². The monoisotopic (exact) mass is 336 g/mol. The van der Waals surface area contributed by atoms with E-state index in [0.717, 1.165) is 6.54 Å². The minimum atomic E-state index is -0.345. The van der Waals surface area contributed by atoms with E-state index in [4.69, 9.17) is 4.52 Å². The summed E-state index contributed by atoms with van der Waals surface area (Å²) in [7, 11) is 1.82. The predicted octanol–water partition coefficient (Wildman–Crippen LogP) is 0.801. The fourth-order valence-corrected chi connectivity index (χ4v) is 2.02. The molecule has 0 fully saturated rings. The first kappa shape index (κ1) is 19.8. The Balaban J connectivity index is 0.00000400. The van der Waals surface area contributed by atoms with E-state index in [1.165, 1.54) is 11.8 Å². The average Bonchev–Trinajstić information content (AvgIpc) is 2.81. The second-order valence-corrected chi connectivity index (χ2v) is 5.55. The van der Waals surface area contributed by atoms with Crippen LogP contribution in [0.15, 0.2) is 10.6 Å². The molecule has 1 atom stereocenters. The van der Waals surface area contributed by atoms with E-state index in [1.807, 2.05) is 7.05 Å². The molecule has 1 unspecified atom stereocenters. The zero-order valence-electron chi connectivity index (χ0n) is 12.3. The Hall–Kier alpha value is -1.25. The summed E-state index contributed by atoms with van der Waals surface area (Å²) in [4.78, 5) is 23.3. The summed E-state index contributed by atoms with van der Waals surface area (Å²) in [5.41, 5.74) is 0. The van der Waals surface area contributed by atoms with Gasteiger partial charge in [-0.1, -0.05) is 5.16 Å². The van der Waals surface area contributed by atoms with Crippen LogP contribution in [0.5, 0.6) is 0 Å². The molecule has 1 heterocycles. The highest BCUT2D eigenvalue weighted by Crippen LogP contribution is 2.13. The third-order valence-corrected chi connectivity index (χ3v) is 3.55. The van der Waals surface area contributed by atoms with Gasteiger partial charge in [0, 0.05) is 19.2 Å². The topological polar surface area (TPSA) is 96.3 Å². The van der Waals surface area contributed by atoms with Gasteiger partial charge in [-0.05, 0) is 20.9 Å². The van der Waals surface area contributed by atoms with Crippen LogP contribution in [-0.2, 0) is 9.59 Å². The summed E-state index contributed by atoms with van der Waals surface area (Å²) in [5, 5.41) is 11.7. The van der Waals surface area contributed by atoms with Gasteiger partial charge in [0.05, 0.1) is 11.0 Å². The van der Waals surface area contributed by atoms with Gasteiger partial charge in [-0.25, -0.2) is 0 Å². The second kappa shape index (κ2) is 10.5. The van der Waals surface area contributed by atoms with E-state index in [0.29, 0.717) is 18.1 Å². The Morgan fingerprint density at radius 2 is 2.14 bits per heavy atom. The summed E-state index contributed by atoms with van der Waals surface area (Å²) < 4.78 is 4.86. The Kier molecular flexibility index (Phi) is 9.85. The number of carbonyl (C=O) groups excluding carboxylic acids is 2. The lowest BCUT2D eigenvalue weighted by atomic mass is 10.4. The molecule has 2 amide bonds. The molecule has 0 aromatic carbocycles. The number of thioether (sulfide) groups is 1. The van der Waals surface area contributed by atoms with Crippen molar-refractivity contribution in [2.45, 2.75) is 19.1 Å². The van der Waals surface area contributed by atoms with Crippen LogP contribution >= 0.6 is 24.2 Å². The van der Waals surface area contributed by atoms with Crippen LogP contribution in [0.3, 0.4) is 0 Å². The van der Waals surface area contributed by atoms with Crippen molar-refractivity contribution in [1.82, 2.24) is 15.8 Å². The smallest absolute Gasteiger partial charge is 0.238 e. The molecular formula is C12H21ClN4O3S. The van der Waals surface area contributed by atoms with Gasteiger partial charge >= 0.3 is 0 Å². The van der Waals surface area contributed by atoms with Gasteiger partial charge in [-0.15, -0.1) is 24.2 Å². The number of hydrogen-bond donors (Lipinski definition) is 3. The number of nitrogens with zero attached hydrogens (tertiary/aromatic N) is 1. The number of aryl methyl sites for hydroxylation is 1. The third kappa shape index (κ3) is 7.93. The molecule has 0 spiro atoms. The number of halogens is 1. The summed E-state index contributed by atoms with van der Waals surface area (Å²) in [6.07, 6.45) is 0. The molecule has 0 aliphatic carbocycles. The second-order valence-electron chi connectivity index (χ2n) is 4.22. The number of carbonyl (C=O) groups is 2. The lowest BCUT2D eigenvalue weighted by molar-refractivity contribution is -0.118. The fraction of sp³-hybridized carbons (Fsp3) is 0.583. The molecule has 1 rings (SSSR count). The molecule has 0 saturated heterocycles. The predicted molar refractivity (Wildman–Crippen MR) is 86.0 cm³/mol. The van der Waals surface area contributed by atoms with Crippen molar-refractivity contribution in [3.63, 3.8) is 0 Å². The van der Waals surface area contributed by atoms with Crippen molar-refractivity contribution >= 4 is 41.8 Å². The minimum absolute atomic E-state index is 0. The molecule has 0 saturated carbocycles. The molecule has 9 heteroatoms. The number of aromatic nitrogens is 1. The molecule has 0 aliphatic rings. The van der Waals surface area contributed by atoms with Gasteiger partial charge in [0.25, 0.3) is 0 Å². The Bertz CT molecular complexity index is 455. The van der Waals surface area contributed by atoms with Gasteiger partial charge in [-0.2, -0.15) is 0 Å². The maximum atomic E-state index is 11.8. The zero-order chi connectivity index (χ0) is 15.0. The largest absolute Gasteiger partial charge is 0.360 e. The first-order valence-electron chi connectivity index (χ1n) is 6.30. The van der Waals surface area contributed by atoms with E-state index in [2.05, 4.69) is 21.1 Å². The van der Waals surface area contributed by atoms with Crippen LogP contribution in [-0.4, -0.2) is 48.1 Å². The third-order valence-electron chi connectivity index (χ3n) is 2.41. The van der Waals surface area contributed by atoms with Crippen LogP contribution < -0.4 is 16.0 Å². The lowest BCUT2D eigenvalue weighted by Crippen LogP contribution is -2.32. The van der Waals surface area contributed by atoms with Gasteiger partial charge < -0.3 is 20.5 Å². The molecule has 0 bridgehead atoms. The normalized spacial score (nSPS) is 11.4. The van der Waals surface area contributed by atoms with E-state index in [1.54, 1.807) is 19.9 Å². The van der Waals surface area contributed by atoms with Crippen LogP contribution in [0, 0.1) is 6.92 Å². The van der Waals surface area contributed by atoms with Gasteiger partial charge in [0.2, 0.25) is 11.8 Å². The number of anilines is 1. The first-order valence-corrected chi connectivity index (χ1v) is 7.35. The van der Waals surface area contributed by atoms with Gasteiger partial charge in [0.1, 0.15) is 5.76 Å². The van der Waals surface area contributed by atoms with E-state index >= 15 is 0 Å². The minimum Gasteiger partial charge on any atom is -0.360 e. The number of nitrogens with one attached hydrogen (secondary N) is 3. The molecule has 21 heavy (non-hydrogen) atoms. The quantitative estimate of drug-likeness (QED) is 0.608. The molecular weight excluding hydrogens is 316 g/mol. The maximum absolute atomic E-state index is 11.8. The van der Waals surface area contributed by atoms with E-state index in [-0.39, 0.29) is 35.2 Å². The lowest BCUT2D eigenvalue weighted by Gasteiger charge is -2.10. The standard InChI is InChI=1S/C12H20N4O3S.ClH/c1-8-6-10(16-19-8)15-12(18)9(2)20-7-11(17)14-5-4-13-3;/h6,9,13H,4-5,7H2,1-3H3,(H,14,17)(H,15,16,18);1H. The molecule has 1 aromatic heterocycles. The molecule has 1 aromatic rings. The SMILES string of the molecule is CNCCNC(=O)CSC(C)C(=O)Nc1cc(C)on1.Cl. The average molecular weight is 337 g/mol. The van der Waals surface area contributed by atoms with E-state index in [9.17, 15) is 9.59 Å². The van der Waals surface area contributed by atoms with Crippen LogP contribution in [0.25, 0.3) is 0 Å². The number of likely N-dealkylation sites (N-methyl/N-ethyl adjacent to an activating group) is 1. The highest BCUT2D eigenvalue weighted by molar-refractivity contribution is 8.01. The molecule has 120 valence electrons. The van der Waals surface area contributed by atoms with Crippen molar-refractivity contribution < 1.29 is 14.1 Å². The zero-order valence-corrected chi connectivity index (χ0v) is 13.9. The van der Waals surface area contributed by atoms with Crippen molar-refractivity contribution in [1.29, 1.82) is 0 Å². The summed E-state index contributed by atoms with van der Waals surface area (Å²) in [6, 6.07) is 1.64. The van der Waals surface area contributed by atoms with Crippen LogP contribution in [0.1, 0.15) is 12.7 Å². The van der Waals surface area contributed by atoms with Crippen molar-refractivity contribution in [2.75, 3.05) is 31.2 Å². The van der Waals surface area contributed by atoms with Crippen molar-refractivity contribution in [3.05, 3.63) is 11.8 Å². The summed E-state index contributed by atoms with van der Waals surface area (Å²) >= 11 is 1.27. The maximum Gasteiger partial charge on any atom is 0.238 e. The number of amides is 2. The fourth-order valence-electron chi connectivity index (χ4n) is 1.31. The van der Waals surface area contributed by atoms with Gasteiger partial charge in [0.15, 0.2) is 5.82 Å². The molecule has 0 radical (unpaired) electrons. The van der Waals surface area contributed by atoms with Crippen LogP contribution in [0.4, 0.5) is 5.82 Å². The van der Waals surface area contributed by atoms with Crippen molar-refractivity contribution in [2.24, 2.45) is 0 Å². The Labute approximate surface area is 134 Å². The van der Waals surface area contributed by atoms with Crippen molar-refractivity contribution in [3.8, 4) is 0 Å². The highest BCUT2D eigenvalue weighted by atomic mass is 35.5. The molecule has 3 N–H and O–H groups in total. The Morgan fingerprint density at radius 3 is 2.71 bits per heavy atom. The van der Waals surface area contributed by atoms with E-state index < -0.39 is 0 Å².